The molecule has 1 unspecified atom stereocenters. The van der Waals surface area contributed by atoms with Gasteiger partial charge in [-0.25, -0.2) is 4.98 Å². The van der Waals surface area contributed by atoms with E-state index in [1.807, 2.05) is 61.5 Å². The van der Waals surface area contributed by atoms with Gasteiger partial charge in [-0.1, -0.05) is 30.3 Å². The number of nitrogens with one attached hydrogen (secondary N) is 2. The number of nitrogens with zero attached hydrogens (tertiary/aromatic N) is 2. The molecule has 134 valence electrons. The third-order valence-corrected chi connectivity index (χ3v) is 3.66. The second-order valence-electron chi connectivity index (χ2n) is 5.94. The monoisotopic (exact) mass is 348 g/mol. The van der Waals surface area contributed by atoms with Crippen molar-refractivity contribution in [3.63, 3.8) is 0 Å². The summed E-state index contributed by atoms with van der Waals surface area (Å²) in [6.45, 7) is 3.67. The average Bonchev–Trinajstić information content (AvgIpc) is 2.65. The lowest BCUT2D eigenvalue weighted by atomic mass is 10.1. The molecule has 0 aliphatic heterocycles. The van der Waals surface area contributed by atoms with Crippen LogP contribution in [0, 0.1) is 12.3 Å². The highest BCUT2D eigenvalue weighted by Crippen LogP contribution is 2.19. The molecule has 0 saturated carbocycles. The molecular weight excluding hydrogens is 324 g/mol. The Balaban J connectivity index is 0.000000254. The van der Waals surface area contributed by atoms with Crippen LogP contribution in [-0.4, -0.2) is 20.8 Å². The minimum absolute atomic E-state index is 0.0152. The summed E-state index contributed by atoms with van der Waals surface area (Å²) < 4.78 is 0. The van der Waals surface area contributed by atoms with E-state index in [4.69, 9.17) is 10.5 Å². The SMILES string of the molecule is CC(=N)CC(Nc1ccccn1)c1ccccn1.Cc1ccccc1O. The first-order valence-corrected chi connectivity index (χ1v) is 8.43. The number of hydrogen-bond acceptors (Lipinski definition) is 5. The Morgan fingerprint density at radius 1 is 1.00 bits per heavy atom. The lowest BCUT2D eigenvalue weighted by Gasteiger charge is -2.18. The highest BCUT2D eigenvalue weighted by Gasteiger charge is 2.13. The van der Waals surface area contributed by atoms with Crippen LogP contribution >= 0.6 is 0 Å². The van der Waals surface area contributed by atoms with E-state index in [-0.39, 0.29) is 6.04 Å². The molecule has 0 radical (unpaired) electrons. The van der Waals surface area contributed by atoms with Gasteiger partial charge in [0.1, 0.15) is 11.6 Å². The van der Waals surface area contributed by atoms with Crippen molar-refractivity contribution < 1.29 is 5.11 Å². The van der Waals surface area contributed by atoms with Crippen LogP contribution in [-0.2, 0) is 0 Å². The van der Waals surface area contributed by atoms with Gasteiger partial charge in [-0.2, -0.15) is 0 Å². The Labute approximate surface area is 154 Å². The summed E-state index contributed by atoms with van der Waals surface area (Å²) >= 11 is 0. The number of phenolic OH excluding ortho intramolecular Hbond substituents is 1. The van der Waals surface area contributed by atoms with E-state index in [1.54, 1.807) is 25.4 Å². The summed E-state index contributed by atoms with van der Waals surface area (Å²) in [5, 5.41) is 19.9. The first-order valence-electron chi connectivity index (χ1n) is 8.43. The number of rotatable bonds is 5. The minimum atomic E-state index is -0.0152. The molecule has 3 N–H and O–H groups in total. The van der Waals surface area contributed by atoms with E-state index < -0.39 is 0 Å². The fourth-order valence-corrected chi connectivity index (χ4v) is 2.31. The van der Waals surface area contributed by atoms with Gasteiger partial charge in [-0.15, -0.1) is 0 Å². The minimum Gasteiger partial charge on any atom is -0.508 e. The number of phenols is 1. The molecule has 26 heavy (non-hydrogen) atoms. The zero-order chi connectivity index (χ0) is 18.8. The Morgan fingerprint density at radius 3 is 2.15 bits per heavy atom. The van der Waals surface area contributed by atoms with E-state index in [9.17, 15) is 0 Å². The number of aromatic hydroxyl groups is 1. The summed E-state index contributed by atoms with van der Waals surface area (Å²) in [7, 11) is 0. The van der Waals surface area contributed by atoms with Crippen LogP contribution in [0.2, 0.25) is 0 Å². The van der Waals surface area contributed by atoms with Gasteiger partial charge < -0.3 is 15.8 Å². The van der Waals surface area contributed by atoms with Gasteiger partial charge in [0, 0.05) is 24.5 Å². The van der Waals surface area contributed by atoms with Gasteiger partial charge in [0.2, 0.25) is 0 Å². The molecule has 0 spiro atoms. The molecule has 1 aromatic carbocycles. The van der Waals surface area contributed by atoms with Crippen LogP contribution in [0.5, 0.6) is 5.75 Å². The van der Waals surface area contributed by atoms with Crippen LogP contribution in [0.3, 0.4) is 0 Å². The van der Waals surface area contributed by atoms with Gasteiger partial charge in [0.25, 0.3) is 0 Å². The molecule has 0 bridgehead atoms. The van der Waals surface area contributed by atoms with E-state index in [0.717, 1.165) is 17.1 Å². The van der Waals surface area contributed by atoms with Crippen LogP contribution in [0.25, 0.3) is 0 Å². The fourth-order valence-electron chi connectivity index (χ4n) is 2.31. The standard InChI is InChI=1S/C14H16N4.C7H8O/c1-11(15)10-13(12-6-2-4-8-16-12)18-14-7-3-5-9-17-14;1-6-4-2-3-5-7(6)8/h2-9,13,15H,10H2,1H3,(H,17,18);2-5,8H,1H3. The van der Waals surface area contributed by atoms with E-state index in [2.05, 4.69) is 15.3 Å². The van der Waals surface area contributed by atoms with Crippen molar-refractivity contribution in [1.29, 1.82) is 5.41 Å². The molecule has 0 fully saturated rings. The third kappa shape index (κ3) is 6.36. The van der Waals surface area contributed by atoms with Gasteiger partial charge in [-0.3, -0.25) is 4.98 Å². The lowest BCUT2D eigenvalue weighted by molar-refractivity contribution is 0.471. The highest BCUT2D eigenvalue weighted by atomic mass is 16.3. The Kier molecular flexibility index (Phi) is 7.31. The maximum atomic E-state index is 8.92. The zero-order valence-electron chi connectivity index (χ0n) is 15.1. The average molecular weight is 348 g/mol. The molecule has 0 amide bonds. The summed E-state index contributed by atoms with van der Waals surface area (Å²) in [4.78, 5) is 8.58. The Morgan fingerprint density at radius 2 is 1.65 bits per heavy atom. The number of hydrogen-bond donors (Lipinski definition) is 3. The van der Waals surface area contributed by atoms with Gasteiger partial charge in [0.05, 0.1) is 11.7 Å². The van der Waals surface area contributed by atoms with Gasteiger partial charge >= 0.3 is 0 Å². The lowest BCUT2D eigenvalue weighted by Crippen LogP contribution is -2.15. The second-order valence-corrected chi connectivity index (χ2v) is 5.94. The highest BCUT2D eigenvalue weighted by molar-refractivity contribution is 5.79. The summed E-state index contributed by atoms with van der Waals surface area (Å²) in [6, 6.07) is 18.8. The van der Waals surface area contributed by atoms with Crippen molar-refractivity contribution in [2.75, 3.05) is 5.32 Å². The van der Waals surface area contributed by atoms with Crippen molar-refractivity contribution in [3.05, 3.63) is 84.3 Å². The molecule has 2 heterocycles. The number of anilines is 1. The molecule has 3 rings (SSSR count). The van der Waals surface area contributed by atoms with Crippen molar-refractivity contribution in [3.8, 4) is 5.75 Å². The van der Waals surface area contributed by atoms with Crippen molar-refractivity contribution >= 4 is 11.5 Å². The summed E-state index contributed by atoms with van der Waals surface area (Å²) in [5.74, 6) is 1.17. The molecular formula is C21H24N4O. The molecule has 5 nitrogen and oxygen atoms in total. The topological polar surface area (TPSA) is 81.9 Å². The smallest absolute Gasteiger partial charge is 0.126 e. The van der Waals surface area contributed by atoms with Crippen LogP contribution in [0.4, 0.5) is 5.82 Å². The molecule has 0 aliphatic carbocycles. The van der Waals surface area contributed by atoms with Crippen molar-refractivity contribution in [1.82, 2.24) is 9.97 Å². The maximum absolute atomic E-state index is 8.92. The normalized spacial score (nSPS) is 11.0. The van der Waals surface area contributed by atoms with Gasteiger partial charge in [0.15, 0.2) is 0 Å². The second kappa shape index (κ2) is 9.93. The van der Waals surface area contributed by atoms with E-state index in [1.165, 1.54) is 0 Å². The first-order chi connectivity index (χ1) is 12.6. The molecule has 2 aromatic heterocycles. The summed E-state index contributed by atoms with van der Waals surface area (Å²) in [5.41, 5.74) is 2.47. The fraction of sp³-hybridized carbons (Fsp3) is 0.190. The van der Waals surface area contributed by atoms with Crippen molar-refractivity contribution in [2.45, 2.75) is 26.3 Å². The Hall–Kier alpha value is -3.21. The van der Waals surface area contributed by atoms with E-state index in [0.29, 0.717) is 17.9 Å². The van der Waals surface area contributed by atoms with Crippen LogP contribution < -0.4 is 5.32 Å². The third-order valence-electron chi connectivity index (χ3n) is 3.66. The Bertz CT molecular complexity index is 786. The molecule has 3 aromatic rings. The molecule has 1 atom stereocenters. The first kappa shape index (κ1) is 19.1. The molecule has 0 saturated heterocycles. The number of aryl methyl sites for hydroxylation is 1. The van der Waals surface area contributed by atoms with Gasteiger partial charge in [-0.05, 0) is 49.7 Å². The number of benzene rings is 1. The number of aromatic nitrogens is 2. The molecule has 5 heteroatoms. The largest absolute Gasteiger partial charge is 0.508 e. The van der Waals surface area contributed by atoms with E-state index >= 15 is 0 Å². The molecule has 0 aliphatic rings. The number of para-hydroxylation sites is 1. The number of pyridine rings is 2. The summed E-state index contributed by atoms with van der Waals surface area (Å²) in [6.07, 6.45) is 4.13. The zero-order valence-corrected chi connectivity index (χ0v) is 15.1. The predicted molar refractivity (Wildman–Crippen MR) is 106 cm³/mol. The van der Waals surface area contributed by atoms with Crippen LogP contribution in [0.15, 0.2) is 73.1 Å². The van der Waals surface area contributed by atoms with Crippen molar-refractivity contribution in [2.24, 2.45) is 0 Å². The predicted octanol–water partition coefficient (Wildman–Crippen LogP) is 4.76. The maximum Gasteiger partial charge on any atom is 0.126 e. The quantitative estimate of drug-likeness (QED) is 0.581. The van der Waals surface area contributed by atoms with Crippen LogP contribution in [0.1, 0.15) is 30.6 Å².